The topological polar surface area (TPSA) is 38.3 Å². The summed E-state index contributed by atoms with van der Waals surface area (Å²) >= 11 is 5.62. The van der Waals surface area contributed by atoms with E-state index in [1.54, 1.807) is 13.2 Å². The third-order valence-electron chi connectivity index (χ3n) is 2.21. The van der Waals surface area contributed by atoms with E-state index in [0.29, 0.717) is 23.7 Å². The Hall–Kier alpha value is -1.13. The maximum atomic E-state index is 13.4. The Morgan fingerprint density at radius 2 is 2.29 bits per heavy atom. The number of rotatable bonds is 6. The maximum Gasteiger partial charge on any atom is 0.224 e. The molecule has 0 radical (unpaired) electrons. The largest absolute Gasteiger partial charge is 0.385 e. The Morgan fingerprint density at radius 3 is 2.94 bits per heavy atom. The quantitative estimate of drug-likeness (QED) is 0.796. The van der Waals surface area contributed by atoms with Crippen molar-refractivity contribution in [2.75, 3.05) is 20.3 Å². The predicted molar refractivity (Wildman–Crippen MR) is 64.6 cm³/mol. The Morgan fingerprint density at radius 1 is 1.53 bits per heavy atom. The van der Waals surface area contributed by atoms with Gasteiger partial charge in [-0.3, -0.25) is 4.79 Å². The van der Waals surface area contributed by atoms with Crippen LogP contribution in [0, 0.1) is 5.82 Å². The van der Waals surface area contributed by atoms with Gasteiger partial charge in [-0.15, -0.1) is 0 Å². The SMILES string of the molecule is COCCCNC(=O)Cc1ccc(Cl)cc1F. The normalized spacial score (nSPS) is 10.3. The summed E-state index contributed by atoms with van der Waals surface area (Å²) in [6.45, 7) is 1.12. The Bertz CT molecular complexity index is 385. The summed E-state index contributed by atoms with van der Waals surface area (Å²) < 4.78 is 18.2. The van der Waals surface area contributed by atoms with Crippen molar-refractivity contribution in [1.82, 2.24) is 5.32 Å². The Balaban J connectivity index is 2.40. The van der Waals surface area contributed by atoms with Gasteiger partial charge in [0.15, 0.2) is 0 Å². The molecular weight excluding hydrogens is 245 g/mol. The fraction of sp³-hybridized carbons (Fsp3) is 0.417. The highest BCUT2D eigenvalue weighted by Crippen LogP contribution is 2.14. The van der Waals surface area contributed by atoms with Gasteiger partial charge in [-0.05, 0) is 24.1 Å². The zero-order valence-corrected chi connectivity index (χ0v) is 10.4. The first kappa shape index (κ1) is 13.9. The molecule has 0 bridgehead atoms. The number of methoxy groups -OCH3 is 1. The van der Waals surface area contributed by atoms with Crippen molar-refractivity contribution < 1.29 is 13.9 Å². The number of hydrogen-bond acceptors (Lipinski definition) is 2. The van der Waals surface area contributed by atoms with Gasteiger partial charge in [0.2, 0.25) is 5.91 Å². The second-order valence-electron chi connectivity index (χ2n) is 3.61. The molecule has 1 aromatic carbocycles. The lowest BCUT2D eigenvalue weighted by atomic mass is 10.1. The second kappa shape index (κ2) is 7.25. The summed E-state index contributed by atoms with van der Waals surface area (Å²) in [6.07, 6.45) is 0.765. The third kappa shape index (κ3) is 5.15. The van der Waals surface area contributed by atoms with Gasteiger partial charge in [-0.1, -0.05) is 17.7 Å². The molecule has 17 heavy (non-hydrogen) atoms. The number of hydrogen-bond donors (Lipinski definition) is 1. The minimum absolute atomic E-state index is 0.0238. The van der Waals surface area contributed by atoms with Gasteiger partial charge < -0.3 is 10.1 Å². The van der Waals surface area contributed by atoms with Crippen molar-refractivity contribution in [1.29, 1.82) is 0 Å². The Labute approximate surface area is 105 Å². The van der Waals surface area contributed by atoms with Crippen LogP contribution in [-0.2, 0) is 16.0 Å². The zero-order chi connectivity index (χ0) is 12.7. The van der Waals surface area contributed by atoms with E-state index in [4.69, 9.17) is 16.3 Å². The summed E-state index contributed by atoms with van der Waals surface area (Å²) in [4.78, 5) is 11.5. The average Bonchev–Trinajstić information content (AvgIpc) is 2.28. The molecular formula is C12H15ClFNO2. The maximum absolute atomic E-state index is 13.4. The van der Waals surface area contributed by atoms with Crippen LogP contribution >= 0.6 is 11.6 Å². The van der Waals surface area contributed by atoms with Crippen LogP contribution in [0.4, 0.5) is 4.39 Å². The predicted octanol–water partition coefficient (Wildman–Crippen LogP) is 2.17. The second-order valence-corrected chi connectivity index (χ2v) is 4.05. The van der Waals surface area contributed by atoms with E-state index in [0.717, 1.165) is 6.42 Å². The number of nitrogens with one attached hydrogen (secondary N) is 1. The van der Waals surface area contributed by atoms with E-state index in [9.17, 15) is 9.18 Å². The molecule has 0 aromatic heterocycles. The number of amides is 1. The molecule has 1 aromatic rings. The molecule has 0 saturated carbocycles. The van der Waals surface area contributed by atoms with E-state index in [-0.39, 0.29) is 12.3 Å². The minimum atomic E-state index is -0.454. The van der Waals surface area contributed by atoms with Crippen LogP contribution in [0.25, 0.3) is 0 Å². The highest BCUT2D eigenvalue weighted by atomic mass is 35.5. The lowest BCUT2D eigenvalue weighted by Crippen LogP contribution is -2.27. The summed E-state index contributed by atoms with van der Waals surface area (Å²) in [5.41, 5.74) is 0.346. The van der Waals surface area contributed by atoms with Gasteiger partial charge in [-0.2, -0.15) is 0 Å². The molecule has 1 rings (SSSR count). The van der Waals surface area contributed by atoms with E-state index in [2.05, 4.69) is 5.32 Å². The van der Waals surface area contributed by atoms with Crippen LogP contribution in [-0.4, -0.2) is 26.2 Å². The van der Waals surface area contributed by atoms with Crippen LogP contribution in [0.3, 0.4) is 0 Å². The molecule has 94 valence electrons. The summed E-state index contributed by atoms with van der Waals surface area (Å²) in [5.74, 6) is -0.660. The average molecular weight is 260 g/mol. The Kier molecular flexibility index (Phi) is 5.94. The third-order valence-corrected chi connectivity index (χ3v) is 2.45. The molecule has 1 N–H and O–H groups in total. The van der Waals surface area contributed by atoms with Gasteiger partial charge in [0, 0.05) is 25.3 Å². The molecule has 0 unspecified atom stereocenters. The number of carbonyl (C=O) groups excluding carboxylic acids is 1. The summed E-state index contributed by atoms with van der Waals surface area (Å²) in [5, 5.41) is 3.01. The van der Waals surface area contributed by atoms with Gasteiger partial charge in [0.1, 0.15) is 5.82 Å². The lowest BCUT2D eigenvalue weighted by molar-refractivity contribution is -0.120. The van der Waals surface area contributed by atoms with Crippen molar-refractivity contribution in [3.63, 3.8) is 0 Å². The first-order valence-electron chi connectivity index (χ1n) is 5.33. The van der Waals surface area contributed by atoms with Crippen molar-refractivity contribution in [3.05, 3.63) is 34.6 Å². The number of ether oxygens (including phenoxy) is 1. The van der Waals surface area contributed by atoms with E-state index in [1.807, 2.05) is 0 Å². The van der Waals surface area contributed by atoms with Gasteiger partial charge in [0.05, 0.1) is 6.42 Å². The van der Waals surface area contributed by atoms with Crippen molar-refractivity contribution in [2.24, 2.45) is 0 Å². The zero-order valence-electron chi connectivity index (χ0n) is 9.63. The van der Waals surface area contributed by atoms with Crippen LogP contribution in [0.15, 0.2) is 18.2 Å². The van der Waals surface area contributed by atoms with Gasteiger partial charge in [-0.25, -0.2) is 4.39 Å². The standard InChI is InChI=1S/C12H15ClFNO2/c1-17-6-2-5-15-12(16)7-9-3-4-10(13)8-11(9)14/h3-4,8H,2,5-7H2,1H3,(H,15,16). The van der Waals surface area contributed by atoms with Crippen LogP contribution in [0.2, 0.25) is 5.02 Å². The van der Waals surface area contributed by atoms with E-state index >= 15 is 0 Å². The summed E-state index contributed by atoms with van der Waals surface area (Å²) in [7, 11) is 1.60. The minimum Gasteiger partial charge on any atom is -0.385 e. The van der Waals surface area contributed by atoms with Crippen molar-refractivity contribution in [2.45, 2.75) is 12.8 Å². The molecule has 0 heterocycles. The highest BCUT2D eigenvalue weighted by molar-refractivity contribution is 6.30. The fourth-order valence-electron chi connectivity index (χ4n) is 1.34. The molecule has 0 spiro atoms. The molecule has 0 aliphatic carbocycles. The van der Waals surface area contributed by atoms with Crippen LogP contribution in [0.1, 0.15) is 12.0 Å². The molecule has 0 saturated heterocycles. The van der Waals surface area contributed by atoms with E-state index < -0.39 is 5.82 Å². The summed E-state index contributed by atoms with van der Waals surface area (Å²) in [6, 6.07) is 4.29. The molecule has 0 fully saturated rings. The number of carbonyl (C=O) groups is 1. The number of benzene rings is 1. The monoisotopic (exact) mass is 259 g/mol. The first-order chi connectivity index (χ1) is 8.13. The fourth-order valence-corrected chi connectivity index (χ4v) is 1.50. The molecule has 0 aliphatic heterocycles. The van der Waals surface area contributed by atoms with Crippen molar-refractivity contribution >= 4 is 17.5 Å². The molecule has 3 nitrogen and oxygen atoms in total. The van der Waals surface area contributed by atoms with Crippen LogP contribution < -0.4 is 5.32 Å². The van der Waals surface area contributed by atoms with Crippen LogP contribution in [0.5, 0.6) is 0 Å². The van der Waals surface area contributed by atoms with Gasteiger partial charge in [0.25, 0.3) is 0 Å². The lowest BCUT2D eigenvalue weighted by Gasteiger charge is -2.06. The van der Waals surface area contributed by atoms with E-state index in [1.165, 1.54) is 12.1 Å². The number of halogens is 2. The molecule has 5 heteroatoms. The molecule has 1 amide bonds. The molecule has 0 aliphatic rings. The smallest absolute Gasteiger partial charge is 0.224 e. The van der Waals surface area contributed by atoms with Crippen molar-refractivity contribution in [3.8, 4) is 0 Å². The first-order valence-corrected chi connectivity index (χ1v) is 5.71. The molecule has 0 atom stereocenters. The van der Waals surface area contributed by atoms with Gasteiger partial charge >= 0.3 is 0 Å². The highest BCUT2D eigenvalue weighted by Gasteiger charge is 2.08.